The number of halogens is 2. The van der Waals surface area contributed by atoms with Crippen LogP contribution in [0.2, 0.25) is 5.02 Å². The number of hydrogen-bond acceptors (Lipinski definition) is 2. The van der Waals surface area contributed by atoms with Crippen LogP contribution in [0.15, 0.2) is 18.2 Å². The van der Waals surface area contributed by atoms with E-state index in [-0.39, 0.29) is 16.9 Å². The van der Waals surface area contributed by atoms with Gasteiger partial charge in [-0.3, -0.25) is 4.90 Å². The molecule has 2 aliphatic rings. The predicted molar refractivity (Wildman–Crippen MR) is 85.2 cm³/mol. The molecule has 2 aliphatic heterocycles. The van der Waals surface area contributed by atoms with Crippen molar-refractivity contribution >= 4 is 11.6 Å². The summed E-state index contributed by atoms with van der Waals surface area (Å²) in [5, 5.41) is 3.92. The van der Waals surface area contributed by atoms with Gasteiger partial charge in [0.05, 0.1) is 5.02 Å². The summed E-state index contributed by atoms with van der Waals surface area (Å²) in [6.45, 7) is 5.43. The van der Waals surface area contributed by atoms with E-state index in [1.165, 1.54) is 31.7 Å². The van der Waals surface area contributed by atoms with E-state index in [1.54, 1.807) is 6.07 Å². The Morgan fingerprint density at radius 3 is 2.57 bits per heavy atom. The minimum absolute atomic E-state index is 0.223. The van der Waals surface area contributed by atoms with E-state index in [1.807, 2.05) is 6.07 Å². The smallest absolute Gasteiger partial charge is 0.141 e. The molecule has 2 bridgehead atoms. The van der Waals surface area contributed by atoms with Crippen LogP contribution in [0.4, 0.5) is 4.39 Å². The highest BCUT2D eigenvalue weighted by Gasteiger charge is 2.37. The molecule has 2 saturated heterocycles. The maximum absolute atomic E-state index is 13.4. The van der Waals surface area contributed by atoms with Gasteiger partial charge in [0.15, 0.2) is 0 Å². The number of benzene rings is 1. The van der Waals surface area contributed by atoms with Gasteiger partial charge in [-0.25, -0.2) is 4.39 Å². The van der Waals surface area contributed by atoms with Crippen molar-refractivity contribution in [1.29, 1.82) is 0 Å². The Kier molecular flexibility index (Phi) is 4.53. The second kappa shape index (κ2) is 6.23. The second-order valence-electron chi connectivity index (χ2n) is 6.44. The van der Waals surface area contributed by atoms with Crippen LogP contribution >= 0.6 is 11.6 Å². The van der Waals surface area contributed by atoms with E-state index in [2.05, 4.69) is 24.1 Å². The molecule has 2 heterocycles. The fraction of sp³-hybridized carbons (Fsp3) is 0.647. The number of fused-ring (bicyclic) bond motifs is 2. The average molecular weight is 311 g/mol. The van der Waals surface area contributed by atoms with Crippen molar-refractivity contribution in [2.75, 3.05) is 6.54 Å². The number of rotatable bonds is 4. The number of hydrogen-bond donors (Lipinski definition) is 1. The molecule has 3 rings (SSSR count). The lowest BCUT2D eigenvalue weighted by Crippen LogP contribution is -2.48. The molecule has 0 spiro atoms. The van der Waals surface area contributed by atoms with Crippen molar-refractivity contribution < 1.29 is 4.39 Å². The summed E-state index contributed by atoms with van der Waals surface area (Å²) >= 11 is 5.94. The van der Waals surface area contributed by atoms with Gasteiger partial charge in [0, 0.05) is 24.2 Å². The van der Waals surface area contributed by atoms with Gasteiger partial charge < -0.3 is 5.32 Å². The quantitative estimate of drug-likeness (QED) is 0.899. The monoisotopic (exact) mass is 310 g/mol. The molecule has 1 aromatic rings. The minimum atomic E-state index is -0.337. The van der Waals surface area contributed by atoms with E-state index in [0.29, 0.717) is 18.1 Å². The van der Waals surface area contributed by atoms with Crippen LogP contribution in [0, 0.1) is 5.82 Å². The Morgan fingerprint density at radius 1 is 1.33 bits per heavy atom. The topological polar surface area (TPSA) is 15.3 Å². The van der Waals surface area contributed by atoms with Crippen LogP contribution in [0.25, 0.3) is 0 Å². The maximum Gasteiger partial charge on any atom is 0.141 e. The SMILES string of the molecule is CCN(C1CC2CCC(C1)N2)C(C)c1ccc(F)c(Cl)c1. The van der Waals surface area contributed by atoms with Gasteiger partial charge in [-0.05, 0) is 56.8 Å². The zero-order chi connectivity index (χ0) is 15.0. The van der Waals surface area contributed by atoms with Gasteiger partial charge in [-0.1, -0.05) is 24.6 Å². The first-order chi connectivity index (χ1) is 10.1. The van der Waals surface area contributed by atoms with Crippen molar-refractivity contribution in [2.24, 2.45) is 0 Å². The summed E-state index contributed by atoms with van der Waals surface area (Å²) in [5.41, 5.74) is 1.11. The third-order valence-corrected chi connectivity index (χ3v) is 5.50. The lowest BCUT2D eigenvalue weighted by Gasteiger charge is -2.40. The maximum atomic E-state index is 13.4. The van der Waals surface area contributed by atoms with Gasteiger partial charge in [0.2, 0.25) is 0 Å². The first-order valence-corrected chi connectivity index (χ1v) is 8.43. The molecule has 2 nitrogen and oxygen atoms in total. The van der Waals surface area contributed by atoms with Crippen LogP contribution in [0.1, 0.15) is 51.1 Å². The molecule has 0 radical (unpaired) electrons. The molecule has 0 amide bonds. The van der Waals surface area contributed by atoms with E-state index in [4.69, 9.17) is 11.6 Å². The molecule has 0 aliphatic carbocycles. The van der Waals surface area contributed by atoms with Crippen molar-refractivity contribution in [3.8, 4) is 0 Å². The highest BCUT2D eigenvalue weighted by molar-refractivity contribution is 6.30. The highest BCUT2D eigenvalue weighted by Crippen LogP contribution is 2.34. The number of nitrogens with one attached hydrogen (secondary N) is 1. The summed E-state index contributed by atoms with van der Waals surface area (Å²) in [7, 11) is 0. The Labute approximate surface area is 131 Å². The van der Waals surface area contributed by atoms with Gasteiger partial charge in [-0.2, -0.15) is 0 Å². The predicted octanol–water partition coefficient (Wildman–Crippen LogP) is 4.15. The molecular weight excluding hydrogens is 287 g/mol. The molecule has 0 saturated carbocycles. The van der Waals surface area contributed by atoms with Gasteiger partial charge >= 0.3 is 0 Å². The third-order valence-electron chi connectivity index (χ3n) is 5.21. The van der Waals surface area contributed by atoms with Crippen molar-refractivity contribution in [1.82, 2.24) is 10.2 Å². The van der Waals surface area contributed by atoms with Gasteiger partial charge in [0.25, 0.3) is 0 Å². The largest absolute Gasteiger partial charge is 0.311 e. The minimum Gasteiger partial charge on any atom is -0.311 e. The van der Waals surface area contributed by atoms with Crippen LogP contribution in [0.5, 0.6) is 0 Å². The molecule has 4 heteroatoms. The fourth-order valence-electron chi connectivity index (χ4n) is 4.11. The summed E-state index contributed by atoms with van der Waals surface area (Å²) in [6, 6.07) is 7.39. The van der Waals surface area contributed by atoms with E-state index in [9.17, 15) is 4.39 Å². The average Bonchev–Trinajstić information content (AvgIpc) is 2.81. The number of nitrogens with zero attached hydrogens (tertiary/aromatic N) is 1. The molecule has 3 unspecified atom stereocenters. The standard InChI is InChI=1S/C17H24ClFN2/c1-3-21(15-9-13-5-6-14(10-15)20-13)11(2)12-4-7-17(19)16(18)8-12/h4,7-8,11,13-15,20H,3,5-6,9-10H2,1-2H3. The Morgan fingerprint density at radius 2 is 2.00 bits per heavy atom. The lowest BCUT2D eigenvalue weighted by atomic mass is 9.95. The fourth-order valence-corrected chi connectivity index (χ4v) is 4.30. The van der Waals surface area contributed by atoms with E-state index < -0.39 is 0 Å². The van der Waals surface area contributed by atoms with Crippen LogP contribution in [-0.4, -0.2) is 29.6 Å². The van der Waals surface area contributed by atoms with Crippen LogP contribution < -0.4 is 5.32 Å². The highest BCUT2D eigenvalue weighted by atomic mass is 35.5. The molecule has 0 aromatic heterocycles. The summed E-state index contributed by atoms with van der Waals surface area (Å²) in [5.74, 6) is -0.337. The zero-order valence-electron chi connectivity index (χ0n) is 12.8. The molecule has 1 N–H and O–H groups in total. The van der Waals surface area contributed by atoms with Gasteiger partial charge in [0.1, 0.15) is 5.82 Å². The second-order valence-corrected chi connectivity index (χ2v) is 6.85. The van der Waals surface area contributed by atoms with E-state index >= 15 is 0 Å². The summed E-state index contributed by atoms with van der Waals surface area (Å²) in [4.78, 5) is 2.55. The molecule has 116 valence electrons. The Balaban J connectivity index is 1.77. The molecule has 3 atom stereocenters. The number of piperidine rings is 1. The first kappa shape index (κ1) is 15.3. The van der Waals surface area contributed by atoms with E-state index in [0.717, 1.165) is 12.1 Å². The first-order valence-electron chi connectivity index (χ1n) is 8.05. The molecule has 1 aromatic carbocycles. The Bertz CT molecular complexity index is 496. The normalized spacial score (nSPS) is 29.9. The van der Waals surface area contributed by atoms with Crippen molar-refractivity contribution in [2.45, 2.75) is 63.7 Å². The van der Waals surface area contributed by atoms with Crippen LogP contribution in [0.3, 0.4) is 0 Å². The van der Waals surface area contributed by atoms with Crippen LogP contribution in [-0.2, 0) is 0 Å². The van der Waals surface area contributed by atoms with Crippen molar-refractivity contribution in [3.63, 3.8) is 0 Å². The summed E-state index contributed by atoms with van der Waals surface area (Å²) < 4.78 is 13.4. The van der Waals surface area contributed by atoms with Gasteiger partial charge in [-0.15, -0.1) is 0 Å². The lowest BCUT2D eigenvalue weighted by molar-refractivity contribution is 0.108. The summed E-state index contributed by atoms with van der Waals surface area (Å²) in [6.07, 6.45) is 5.08. The third kappa shape index (κ3) is 3.10. The molecular formula is C17H24ClFN2. The molecule has 21 heavy (non-hydrogen) atoms. The zero-order valence-corrected chi connectivity index (χ0v) is 13.5. The molecule has 2 fully saturated rings. The Hall–Kier alpha value is -0.640. The van der Waals surface area contributed by atoms with Crippen molar-refractivity contribution in [3.05, 3.63) is 34.6 Å².